The topological polar surface area (TPSA) is 108 Å². The van der Waals surface area contributed by atoms with Gasteiger partial charge in [-0.05, 0) is 56.6 Å². The molecule has 5 N–H and O–H groups in total. The van der Waals surface area contributed by atoms with Gasteiger partial charge >= 0.3 is 0 Å². The van der Waals surface area contributed by atoms with Gasteiger partial charge in [0.2, 0.25) is 5.91 Å². The number of amides is 2. The lowest BCUT2D eigenvalue weighted by molar-refractivity contribution is -0.136. The van der Waals surface area contributed by atoms with Crippen LogP contribution in [0.1, 0.15) is 50.3 Å². The minimum Gasteiger partial charge on any atom is -0.393 e. The van der Waals surface area contributed by atoms with Gasteiger partial charge in [-0.3, -0.25) is 9.59 Å². The second kappa shape index (κ2) is 8.16. The average molecular weight is 401 g/mol. The van der Waals surface area contributed by atoms with Crippen LogP contribution in [-0.4, -0.2) is 40.6 Å². The van der Waals surface area contributed by atoms with E-state index in [0.717, 1.165) is 11.1 Å². The van der Waals surface area contributed by atoms with Gasteiger partial charge in [0.15, 0.2) is 0 Å². The van der Waals surface area contributed by atoms with Crippen molar-refractivity contribution in [1.82, 2.24) is 15.8 Å². The Hall–Kier alpha value is -2.38. The number of nitrogens with zero attached hydrogens (tertiary/aromatic N) is 1. The lowest BCUT2D eigenvalue weighted by Crippen LogP contribution is -2.63. The molecule has 2 aliphatic rings. The lowest BCUT2D eigenvalue weighted by Gasteiger charge is -2.46. The van der Waals surface area contributed by atoms with E-state index >= 15 is 0 Å². The van der Waals surface area contributed by atoms with E-state index in [2.05, 4.69) is 16.8 Å². The van der Waals surface area contributed by atoms with E-state index in [4.69, 9.17) is 5.73 Å². The van der Waals surface area contributed by atoms with Crippen LogP contribution in [0.15, 0.2) is 36.0 Å². The number of nitrogens with two attached hydrogens (primary N) is 1. The molecule has 1 aliphatic carbocycles. The maximum absolute atomic E-state index is 13.0. The van der Waals surface area contributed by atoms with Crippen LogP contribution in [0.3, 0.4) is 0 Å². The summed E-state index contributed by atoms with van der Waals surface area (Å²) in [6.45, 7) is 6.01. The van der Waals surface area contributed by atoms with Crippen molar-refractivity contribution in [2.45, 2.75) is 57.7 Å². The van der Waals surface area contributed by atoms with Crippen molar-refractivity contribution in [2.75, 3.05) is 7.05 Å². The number of hydrogen-bond donors (Lipinski definition) is 4. The van der Waals surface area contributed by atoms with Crippen LogP contribution in [0.25, 0.3) is 0 Å². The Morgan fingerprint density at radius 2 is 2.10 bits per heavy atom. The maximum Gasteiger partial charge on any atom is 0.268 e. The fourth-order valence-electron chi connectivity index (χ4n) is 4.78. The van der Waals surface area contributed by atoms with Crippen molar-refractivity contribution in [3.8, 4) is 0 Å². The molecule has 7 heteroatoms. The number of hydrogen-bond acceptors (Lipinski definition) is 5. The predicted octanol–water partition coefficient (Wildman–Crippen LogP) is 1.53. The van der Waals surface area contributed by atoms with Crippen molar-refractivity contribution in [1.29, 1.82) is 0 Å². The largest absolute Gasteiger partial charge is 0.393 e. The quantitative estimate of drug-likeness (QED) is 0.600. The SMILES string of the molecule is CNC(=O)C1=CC(C(N)=O)([C@H]2CC[C@@H](O)[C@H](C)C2)N([C@@H](C)c2cccc(C)c2)N1. The highest BCUT2D eigenvalue weighted by Gasteiger charge is 2.55. The lowest BCUT2D eigenvalue weighted by atomic mass is 9.69. The van der Waals surface area contributed by atoms with Crippen LogP contribution in [0.2, 0.25) is 0 Å². The van der Waals surface area contributed by atoms with Gasteiger partial charge in [-0.2, -0.15) is 5.01 Å². The van der Waals surface area contributed by atoms with E-state index in [9.17, 15) is 14.7 Å². The van der Waals surface area contributed by atoms with Crippen LogP contribution < -0.4 is 16.5 Å². The van der Waals surface area contributed by atoms with E-state index in [1.165, 1.54) is 0 Å². The normalized spacial score (nSPS) is 30.9. The number of primary amides is 1. The number of hydrazine groups is 1. The third-order valence-corrected chi connectivity index (χ3v) is 6.53. The Balaban J connectivity index is 2.07. The number of aliphatic hydroxyl groups excluding tert-OH is 1. The Kier molecular flexibility index (Phi) is 6.00. The number of aryl methyl sites for hydroxylation is 1. The molecule has 158 valence electrons. The van der Waals surface area contributed by atoms with Crippen LogP contribution >= 0.6 is 0 Å². The molecule has 1 aromatic rings. The summed E-state index contributed by atoms with van der Waals surface area (Å²) in [5.74, 6) is -0.839. The number of aliphatic hydroxyl groups is 1. The summed E-state index contributed by atoms with van der Waals surface area (Å²) in [6, 6.07) is 7.88. The number of likely N-dealkylation sites (N-methyl/N-ethyl adjacent to an activating group) is 1. The summed E-state index contributed by atoms with van der Waals surface area (Å²) in [6.07, 6.45) is 3.23. The summed E-state index contributed by atoms with van der Waals surface area (Å²) < 4.78 is 0. The maximum atomic E-state index is 13.0. The van der Waals surface area contributed by atoms with Crippen molar-refractivity contribution < 1.29 is 14.7 Å². The zero-order chi connectivity index (χ0) is 21.3. The molecule has 1 aliphatic heterocycles. The Bertz CT molecular complexity index is 824. The summed E-state index contributed by atoms with van der Waals surface area (Å²) in [7, 11) is 1.56. The summed E-state index contributed by atoms with van der Waals surface area (Å²) in [4.78, 5) is 25.4. The zero-order valence-electron chi connectivity index (χ0n) is 17.6. The number of nitrogens with one attached hydrogen (secondary N) is 2. The first-order valence-corrected chi connectivity index (χ1v) is 10.3. The van der Waals surface area contributed by atoms with Crippen LogP contribution in [0.4, 0.5) is 0 Å². The van der Waals surface area contributed by atoms with Gasteiger partial charge in [0, 0.05) is 7.05 Å². The van der Waals surface area contributed by atoms with Gasteiger partial charge < -0.3 is 21.6 Å². The van der Waals surface area contributed by atoms with E-state index in [-0.39, 0.29) is 29.9 Å². The van der Waals surface area contributed by atoms with Gasteiger partial charge in [0.25, 0.3) is 5.91 Å². The molecule has 3 rings (SSSR count). The molecule has 29 heavy (non-hydrogen) atoms. The molecule has 7 nitrogen and oxygen atoms in total. The fraction of sp³-hybridized carbons (Fsp3) is 0.545. The molecule has 2 amide bonds. The van der Waals surface area contributed by atoms with Crippen LogP contribution in [0.5, 0.6) is 0 Å². The first-order valence-electron chi connectivity index (χ1n) is 10.3. The Morgan fingerprint density at radius 1 is 1.38 bits per heavy atom. The molecular weight excluding hydrogens is 368 g/mol. The van der Waals surface area contributed by atoms with Crippen molar-refractivity contribution in [2.24, 2.45) is 17.6 Å². The molecule has 0 aromatic heterocycles. The molecule has 0 bridgehead atoms. The second-order valence-corrected chi connectivity index (χ2v) is 8.45. The number of rotatable bonds is 5. The third kappa shape index (κ3) is 3.76. The minimum atomic E-state index is -1.15. The monoisotopic (exact) mass is 400 g/mol. The van der Waals surface area contributed by atoms with Crippen LogP contribution in [0, 0.1) is 18.8 Å². The molecule has 0 spiro atoms. The third-order valence-electron chi connectivity index (χ3n) is 6.53. The fourth-order valence-corrected chi connectivity index (χ4v) is 4.78. The van der Waals surface area contributed by atoms with Gasteiger partial charge in [-0.15, -0.1) is 0 Å². The highest BCUT2D eigenvalue weighted by molar-refractivity contribution is 5.97. The number of carbonyl (C=O) groups excluding carboxylic acids is 2. The molecule has 5 atom stereocenters. The smallest absolute Gasteiger partial charge is 0.268 e. The molecule has 1 saturated carbocycles. The van der Waals surface area contributed by atoms with E-state index in [0.29, 0.717) is 25.0 Å². The van der Waals surface area contributed by atoms with E-state index in [1.807, 2.05) is 44.0 Å². The van der Waals surface area contributed by atoms with Crippen molar-refractivity contribution >= 4 is 11.8 Å². The highest BCUT2D eigenvalue weighted by Crippen LogP contribution is 2.45. The molecule has 1 heterocycles. The zero-order valence-corrected chi connectivity index (χ0v) is 17.6. The van der Waals surface area contributed by atoms with Crippen molar-refractivity contribution in [3.05, 3.63) is 47.2 Å². The molecule has 1 fully saturated rings. The second-order valence-electron chi connectivity index (χ2n) is 8.45. The number of benzene rings is 1. The molecule has 0 saturated heterocycles. The average Bonchev–Trinajstić information content (AvgIpc) is 3.11. The summed E-state index contributed by atoms with van der Waals surface area (Å²) in [5.41, 5.74) is 10.5. The standard InChI is InChI=1S/C22H32N4O3/c1-13-6-5-7-16(10-13)15(3)26-22(21(23)29,12-18(25-26)20(28)24-4)17-8-9-19(27)14(2)11-17/h5-7,10,12,14-15,17,19,25,27H,8-9,11H2,1-4H3,(H2,23,29)(H,24,28)/t14-,15+,17+,19-,22?/m1/s1. The van der Waals surface area contributed by atoms with E-state index in [1.54, 1.807) is 13.1 Å². The molecular formula is C22H32N4O3. The van der Waals surface area contributed by atoms with Gasteiger partial charge in [-0.25, -0.2) is 0 Å². The van der Waals surface area contributed by atoms with Gasteiger partial charge in [0.1, 0.15) is 11.2 Å². The van der Waals surface area contributed by atoms with Gasteiger partial charge in [-0.1, -0.05) is 36.8 Å². The highest BCUT2D eigenvalue weighted by atomic mass is 16.3. The first kappa shape index (κ1) is 21.3. The van der Waals surface area contributed by atoms with Crippen LogP contribution in [-0.2, 0) is 9.59 Å². The molecule has 0 radical (unpaired) electrons. The first-order chi connectivity index (χ1) is 13.7. The summed E-state index contributed by atoms with van der Waals surface area (Å²) in [5, 5.41) is 14.7. The molecule has 1 unspecified atom stereocenters. The Morgan fingerprint density at radius 3 is 2.69 bits per heavy atom. The van der Waals surface area contributed by atoms with E-state index < -0.39 is 11.4 Å². The number of carbonyl (C=O) groups is 2. The molecule has 1 aromatic carbocycles. The Labute approximate surface area is 172 Å². The van der Waals surface area contributed by atoms with Crippen molar-refractivity contribution in [3.63, 3.8) is 0 Å². The minimum absolute atomic E-state index is 0.0542. The van der Waals surface area contributed by atoms with Gasteiger partial charge in [0.05, 0.1) is 12.1 Å². The summed E-state index contributed by atoms with van der Waals surface area (Å²) >= 11 is 0. The predicted molar refractivity (Wildman–Crippen MR) is 111 cm³/mol.